The van der Waals surface area contributed by atoms with Crippen LogP contribution in [0, 0.1) is 0 Å². The van der Waals surface area contributed by atoms with E-state index >= 15 is 0 Å². The van der Waals surface area contributed by atoms with Crippen molar-refractivity contribution in [3.05, 3.63) is 98.7 Å². The number of nitrogens with one attached hydrogen (secondary N) is 1. The monoisotopic (exact) mass is 846 g/mol. The Morgan fingerprint density at radius 1 is 1.05 bits per heavy atom. The molecule has 11 nitrogen and oxygen atoms in total. The first kappa shape index (κ1) is 41.0. The van der Waals surface area contributed by atoms with Crippen molar-refractivity contribution in [1.82, 2.24) is 10.2 Å². The second kappa shape index (κ2) is 18.1. The third kappa shape index (κ3) is 10.4. The van der Waals surface area contributed by atoms with Crippen LogP contribution in [-0.2, 0) is 48.3 Å². The first-order valence-electron chi connectivity index (χ1n) is 17.8. The highest BCUT2D eigenvalue weighted by Crippen LogP contribution is 2.40. The summed E-state index contributed by atoms with van der Waals surface area (Å²) < 4.78 is 40.8. The third-order valence-corrected chi connectivity index (χ3v) is 14.3. The van der Waals surface area contributed by atoms with Gasteiger partial charge >= 0.3 is 11.9 Å². The highest BCUT2D eigenvalue weighted by atomic mass is 35.5. The standard InChI is InChI=1S/C39H40Cl2N2O9S3/c1-23(51-34(44)9-4-3-7-28-14-17-53-54-28)52-39(47)32(19-24-6-5-8-29(18-24)55(2,48)49)42-37(45)35-31(40)20-27-22-43(15-12-30(27)36(35)41)38(46)26-11-10-25-13-16-50-33(25)21-26/h5-6,8,10-11,13,16,18,20-21,23,28,32H,3-4,7,9,12,14-15,17,19,22H2,1-2H3,(H,42,45). The lowest BCUT2D eigenvalue weighted by atomic mass is 9.95. The molecule has 2 aliphatic rings. The Morgan fingerprint density at radius 2 is 1.87 bits per heavy atom. The van der Waals surface area contributed by atoms with Gasteiger partial charge in [-0.3, -0.25) is 14.4 Å². The van der Waals surface area contributed by atoms with E-state index in [4.69, 9.17) is 37.1 Å². The van der Waals surface area contributed by atoms with E-state index in [2.05, 4.69) is 5.32 Å². The Kier molecular flexibility index (Phi) is 13.4. The van der Waals surface area contributed by atoms with E-state index in [1.165, 1.54) is 31.5 Å². The van der Waals surface area contributed by atoms with Crippen LogP contribution in [0.15, 0.2) is 70.2 Å². The van der Waals surface area contributed by atoms with E-state index in [0.717, 1.165) is 30.2 Å². The largest absolute Gasteiger partial charge is 0.464 e. The van der Waals surface area contributed by atoms with Crippen LogP contribution >= 0.6 is 44.8 Å². The van der Waals surface area contributed by atoms with Gasteiger partial charge < -0.3 is 24.1 Å². The number of carbonyl (C=O) groups excluding carboxylic acids is 4. The number of amides is 2. The van der Waals surface area contributed by atoms with E-state index < -0.39 is 40.0 Å². The zero-order chi connectivity index (χ0) is 39.3. The Labute approximate surface area is 337 Å². The Balaban J connectivity index is 1.15. The van der Waals surface area contributed by atoms with Crippen LogP contribution in [0.5, 0.6) is 0 Å². The Bertz CT molecular complexity index is 2210. The molecule has 292 valence electrons. The summed E-state index contributed by atoms with van der Waals surface area (Å²) >= 11 is 13.5. The van der Waals surface area contributed by atoms with Crippen molar-refractivity contribution in [2.24, 2.45) is 0 Å². The van der Waals surface area contributed by atoms with Gasteiger partial charge in [-0.25, -0.2) is 13.2 Å². The summed E-state index contributed by atoms with van der Waals surface area (Å²) in [6.45, 7) is 1.93. The van der Waals surface area contributed by atoms with E-state index in [1.807, 2.05) is 33.7 Å². The number of ether oxygens (including phenoxy) is 2. The number of hydrogen-bond donors (Lipinski definition) is 1. The molecule has 2 aliphatic heterocycles. The average Bonchev–Trinajstić information content (AvgIpc) is 3.84. The normalized spacial score (nSPS) is 16.7. The van der Waals surface area contributed by atoms with Crippen LogP contribution in [0.2, 0.25) is 10.0 Å². The van der Waals surface area contributed by atoms with Crippen molar-refractivity contribution in [2.45, 2.75) is 80.9 Å². The molecule has 3 heterocycles. The molecule has 1 fully saturated rings. The topological polar surface area (TPSA) is 149 Å². The molecule has 2 amide bonds. The number of hydrogen-bond acceptors (Lipinski definition) is 11. The number of unbranched alkanes of at least 4 members (excludes halogenated alkanes) is 1. The summed E-state index contributed by atoms with van der Waals surface area (Å²) in [5, 5.41) is 4.25. The van der Waals surface area contributed by atoms with Crippen LogP contribution in [0.3, 0.4) is 0 Å². The van der Waals surface area contributed by atoms with Crippen LogP contribution in [0.4, 0.5) is 0 Å². The van der Waals surface area contributed by atoms with Gasteiger partial charge in [-0.15, -0.1) is 0 Å². The fourth-order valence-corrected chi connectivity index (χ4v) is 11.1. The summed E-state index contributed by atoms with van der Waals surface area (Å²) in [5.41, 5.74) is 2.74. The van der Waals surface area contributed by atoms with Crippen LogP contribution < -0.4 is 5.32 Å². The molecule has 0 saturated carbocycles. The number of furan rings is 1. The minimum Gasteiger partial charge on any atom is -0.464 e. The van der Waals surface area contributed by atoms with Crippen molar-refractivity contribution < 1.29 is 41.5 Å². The molecule has 1 saturated heterocycles. The Hall–Kier alpha value is -3.69. The minimum absolute atomic E-state index is 0.00585. The van der Waals surface area contributed by atoms with E-state index in [0.29, 0.717) is 52.5 Å². The molecule has 3 unspecified atom stereocenters. The molecular weight excluding hydrogens is 808 g/mol. The van der Waals surface area contributed by atoms with Gasteiger partial charge in [0.15, 0.2) is 9.84 Å². The smallest absolute Gasteiger partial charge is 0.332 e. The summed E-state index contributed by atoms with van der Waals surface area (Å²) in [7, 11) is 0.185. The molecule has 0 spiro atoms. The predicted octanol–water partition coefficient (Wildman–Crippen LogP) is 7.83. The number of esters is 2. The number of rotatable bonds is 14. The quantitative estimate of drug-likeness (QED) is 0.0573. The Morgan fingerprint density at radius 3 is 2.64 bits per heavy atom. The van der Waals surface area contributed by atoms with Crippen molar-refractivity contribution in [3.8, 4) is 0 Å². The molecule has 0 bridgehead atoms. The van der Waals surface area contributed by atoms with Crippen molar-refractivity contribution in [2.75, 3.05) is 18.6 Å². The van der Waals surface area contributed by atoms with E-state index in [-0.39, 0.29) is 45.8 Å². The number of benzene rings is 3. The number of sulfone groups is 1. The van der Waals surface area contributed by atoms with E-state index in [1.54, 1.807) is 35.4 Å². The number of nitrogens with zero attached hydrogens (tertiary/aromatic N) is 1. The molecule has 1 aromatic heterocycles. The van der Waals surface area contributed by atoms with Crippen molar-refractivity contribution in [3.63, 3.8) is 0 Å². The second-order valence-corrected chi connectivity index (χ2v) is 19.1. The minimum atomic E-state index is -3.57. The molecule has 0 radical (unpaired) electrons. The number of halogens is 2. The van der Waals surface area contributed by atoms with Gasteiger partial charge in [0.05, 0.1) is 26.8 Å². The maximum atomic E-state index is 13.9. The van der Waals surface area contributed by atoms with Gasteiger partial charge in [-0.1, -0.05) is 69.4 Å². The third-order valence-electron chi connectivity index (χ3n) is 9.44. The lowest BCUT2D eigenvalue weighted by Gasteiger charge is -2.30. The van der Waals surface area contributed by atoms with Crippen LogP contribution in [-0.4, -0.2) is 73.2 Å². The SMILES string of the molecule is CC(OC(=O)CCCCC1CCSS1)OC(=O)C(Cc1cccc(S(C)(=O)=O)c1)NC(=O)c1c(Cl)cc2c(c1Cl)CCN(C(=O)c1ccc3ccoc3c1)C2. The maximum Gasteiger partial charge on any atom is 0.332 e. The van der Waals surface area contributed by atoms with Crippen LogP contribution in [0.25, 0.3) is 11.0 Å². The van der Waals surface area contributed by atoms with Gasteiger partial charge in [0, 0.05) is 61.1 Å². The number of carbonyl (C=O) groups is 4. The lowest BCUT2D eigenvalue weighted by Crippen LogP contribution is -2.45. The van der Waals surface area contributed by atoms with Crippen molar-refractivity contribution >= 4 is 89.3 Å². The van der Waals surface area contributed by atoms with Gasteiger partial charge in [0.25, 0.3) is 11.8 Å². The average molecular weight is 848 g/mol. The van der Waals surface area contributed by atoms with E-state index in [9.17, 15) is 27.6 Å². The first-order valence-corrected chi connectivity index (χ1v) is 22.8. The fraction of sp³-hybridized carbons (Fsp3) is 0.385. The summed E-state index contributed by atoms with van der Waals surface area (Å²) in [5.74, 6) is -1.25. The molecule has 3 aromatic carbocycles. The number of fused-ring (bicyclic) bond motifs is 2. The summed E-state index contributed by atoms with van der Waals surface area (Å²) in [4.78, 5) is 55.2. The lowest BCUT2D eigenvalue weighted by molar-refractivity contribution is -0.185. The molecule has 16 heteroatoms. The maximum absolute atomic E-state index is 13.9. The first-order chi connectivity index (χ1) is 26.3. The molecule has 3 atom stereocenters. The molecular formula is C39H40Cl2N2O9S3. The van der Waals surface area contributed by atoms with Gasteiger partial charge in [-0.2, -0.15) is 0 Å². The zero-order valence-electron chi connectivity index (χ0n) is 30.2. The summed E-state index contributed by atoms with van der Waals surface area (Å²) in [6, 6.07) is 13.3. The highest BCUT2D eigenvalue weighted by Gasteiger charge is 2.31. The van der Waals surface area contributed by atoms with Gasteiger partial charge in [0.2, 0.25) is 6.29 Å². The highest BCUT2D eigenvalue weighted by molar-refractivity contribution is 8.77. The zero-order valence-corrected chi connectivity index (χ0v) is 34.1. The predicted molar refractivity (Wildman–Crippen MR) is 214 cm³/mol. The fourth-order valence-electron chi connectivity index (χ4n) is 6.59. The van der Waals surface area contributed by atoms with Crippen LogP contribution in [0.1, 0.15) is 76.4 Å². The van der Waals surface area contributed by atoms with Gasteiger partial charge in [-0.05, 0) is 78.8 Å². The summed E-state index contributed by atoms with van der Waals surface area (Å²) in [6.07, 6.45) is 5.45. The molecule has 4 aromatic rings. The molecule has 0 aliphatic carbocycles. The molecule has 1 N–H and O–H groups in total. The molecule has 6 rings (SSSR count). The van der Waals surface area contributed by atoms with Crippen molar-refractivity contribution in [1.29, 1.82) is 0 Å². The second-order valence-electron chi connectivity index (χ2n) is 13.6. The molecule has 55 heavy (non-hydrogen) atoms. The van der Waals surface area contributed by atoms with Gasteiger partial charge in [0.1, 0.15) is 11.6 Å².